The standard InChI is InChI=1S/C20H26N2O4S2/c1-16-4-3-13-22(15-16)18-7-5-17(6-8-18)14-21-28(25,26)20-11-9-19(10-12-20)27(2,23)24/h5-12,16,21H,3-4,13-15H2,1-2H3/t16-/m1/s1. The van der Waals surface area contributed by atoms with Crippen molar-refractivity contribution in [3.05, 3.63) is 54.1 Å². The van der Waals surface area contributed by atoms with Gasteiger partial charge in [0.1, 0.15) is 0 Å². The molecule has 2 aromatic carbocycles. The van der Waals surface area contributed by atoms with E-state index in [0.29, 0.717) is 5.92 Å². The van der Waals surface area contributed by atoms with Crippen molar-refractivity contribution in [2.45, 2.75) is 36.1 Å². The summed E-state index contributed by atoms with van der Waals surface area (Å²) in [6, 6.07) is 13.1. The largest absolute Gasteiger partial charge is 0.371 e. The Bertz CT molecular complexity index is 1010. The SMILES string of the molecule is C[C@@H]1CCCN(c2ccc(CNS(=O)(=O)c3ccc(S(C)(=O)=O)cc3)cc2)C1. The van der Waals surface area contributed by atoms with E-state index in [1.54, 1.807) is 0 Å². The number of anilines is 1. The number of rotatable bonds is 6. The first-order chi connectivity index (χ1) is 13.1. The molecule has 0 unspecified atom stereocenters. The molecule has 0 aromatic heterocycles. The summed E-state index contributed by atoms with van der Waals surface area (Å²) in [5.74, 6) is 0.689. The fourth-order valence-electron chi connectivity index (χ4n) is 3.38. The van der Waals surface area contributed by atoms with Crippen LogP contribution in [0.1, 0.15) is 25.3 Å². The molecule has 1 N–H and O–H groups in total. The van der Waals surface area contributed by atoms with Crippen molar-refractivity contribution in [3.63, 3.8) is 0 Å². The normalized spacial score (nSPS) is 18.2. The molecule has 0 aliphatic carbocycles. The Hall–Kier alpha value is -1.90. The minimum atomic E-state index is -3.71. The molecule has 152 valence electrons. The molecule has 1 saturated heterocycles. The Kier molecular flexibility index (Phi) is 6.12. The molecule has 0 bridgehead atoms. The Balaban J connectivity index is 1.64. The van der Waals surface area contributed by atoms with Gasteiger partial charge in [0.25, 0.3) is 0 Å². The van der Waals surface area contributed by atoms with Crippen LogP contribution in [0, 0.1) is 5.92 Å². The minimum absolute atomic E-state index is 0.0406. The first kappa shape index (κ1) is 20.8. The highest BCUT2D eigenvalue weighted by atomic mass is 32.2. The third kappa shape index (κ3) is 5.12. The highest BCUT2D eigenvalue weighted by Gasteiger charge is 2.17. The van der Waals surface area contributed by atoms with Crippen molar-refractivity contribution >= 4 is 25.5 Å². The molecule has 0 spiro atoms. The second-order valence-corrected chi connectivity index (χ2v) is 11.2. The summed E-state index contributed by atoms with van der Waals surface area (Å²) < 4.78 is 50.5. The molecular weight excluding hydrogens is 396 g/mol. The van der Waals surface area contributed by atoms with Gasteiger partial charge in [0, 0.05) is 31.6 Å². The van der Waals surface area contributed by atoms with Crippen LogP contribution in [0.3, 0.4) is 0 Å². The molecule has 1 atom stereocenters. The van der Waals surface area contributed by atoms with Crippen LogP contribution in [-0.2, 0) is 26.4 Å². The van der Waals surface area contributed by atoms with Crippen molar-refractivity contribution in [1.82, 2.24) is 4.72 Å². The van der Waals surface area contributed by atoms with Gasteiger partial charge < -0.3 is 4.90 Å². The van der Waals surface area contributed by atoms with Crippen LogP contribution in [0.4, 0.5) is 5.69 Å². The summed E-state index contributed by atoms with van der Waals surface area (Å²) in [6.45, 7) is 4.54. The summed E-state index contributed by atoms with van der Waals surface area (Å²) in [5, 5.41) is 0. The molecule has 1 fully saturated rings. The lowest BCUT2D eigenvalue weighted by molar-refractivity contribution is 0.447. The maximum absolute atomic E-state index is 12.4. The van der Waals surface area contributed by atoms with Gasteiger partial charge in [-0.2, -0.15) is 0 Å². The van der Waals surface area contributed by atoms with Crippen LogP contribution in [0.25, 0.3) is 0 Å². The molecule has 1 aliphatic heterocycles. The summed E-state index contributed by atoms with van der Waals surface area (Å²) in [4.78, 5) is 2.50. The van der Waals surface area contributed by atoms with Gasteiger partial charge in [0.05, 0.1) is 9.79 Å². The maximum atomic E-state index is 12.4. The van der Waals surface area contributed by atoms with E-state index in [4.69, 9.17) is 0 Å². The molecule has 0 amide bonds. The highest BCUT2D eigenvalue weighted by molar-refractivity contribution is 7.90. The van der Waals surface area contributed by atoms with Crippen LogP contribution in [0.5, 0.6) is 0 Å². The molecule has 2 aromatic rings. The summed E-state index contributed by atoms with van der Waals surface area (Å²) >= 11 is 0. The van der Waals surface area contributed by atoms with Crippen molar-refractivity contribution in [2.75, 3.05) is 24.2 Å². The van der Waals surface area contributed by atoms with Crippen LogP contribution < -0.4 is 9.62 Å². The zero-order chi connectivity index (χ0) is 20.4. The van der Waals surface area contributed by atoms with E-state index in [1.165, 1.54) is 37.1 Å². The smallest absolute Gasteiger partial charge is 0.240 e. The van der Waals surface area contributed by atoms with Crippen LogP contribution >= 0.6 is 0 Å². The topological polar surface area (TPSA) is 83.6 Å². The number of piperidine rings is 1. The molecule has 28 heavy (non-hydrogen) atoms. The number of sulfonamides is 1. The van der Waals surface area contributed by atoms with E-state index in [1.807, 2.05) is 24.3 Å². The zero-order valence-corrected chi connectivity index (χ0v) is 17.8. The molecule has 1 aliphatic rings. The van der Waals surface area contributed by atoms with Gasteiger partial charge in [0.2, 0.25) is 10.0 Å². The monoisotopic (exact) mass is 422 g/mol. The van der Waals surface area contributed by atoms with Crippen molar-refractivity contribution in [2.24, 2.45) is 5.92 Å². The van der Waals surface area contributed by atoms with E-state index in [2.05, 4.69) is 16.5 Å². The highest BCUT2D eigenvalue weighted by Crippen LogP contribution is 2.23. The van der Waals surface area contributed by atoms with E-state index >= 15 is 0 Å². The average molecular weight is 423 g/mol. The van der Waals surface area contributed by atoms with E-state index in [9.17, 15) is 16.8 Å². The molecule has 1 heterocycles. The van der Waals surface area contributed by atoms with Crippen LogP contribution in [0.15, 0.2) is 58.3 Å². The fraction of sp³-hybridized carbons (Fsp3) is 0.400. The number of sulfone groups is 1. The second kappa shape index (κ2) is 8.23. The number of benzene rings is 2. The Morgan fingerprint density at radius 3 is 2.14 bits per heavy atom. The molecule has 6 nitrogen and oxygen atoms in total. The predicted octanol–water partition coefficient (Wildman–Crippen LogP) is 2.80. The number of hydrogen-bond donors (Lipinski definition) is 1. The summed E-state index contributed by atoms with van der Waals surface area (Å²) in [6.07, 6.45) is 3.55. The van der Waals surface area contributed by atoms with Crippen molar-refractivity contribution < 1.29 is 16.8 Å². The Morgan fingerprint density at radius 1 is 0.964 bits per heavy atom. The first-order valence-corrected chi connectivity index (χ1v) is 12.7. The van der Waals surface area contributed by atoms with E-state index in [0.717, 1.165) is 30.6 Å². The number of hydrogen-bond acceptors (Lipinski definition) is 5. The van der Waals surface area contributed by atoms with E-state index < -0.39 is 19.9 Å². The summed E-state index contributed by atoms with van der Waals surface area (Å²) in [5.41, 5.74) is 2.03. The average Bonchev–Trinajstić information content (AvgIpc) is 2.66. The third-order valence-corrected chi connectivity index (χ3v) is 7.53. The maximum Gasteiger partial charge on any atom is 0.240 e. The molecule has 8 heteroatoms. The molecule has 0 radical (unpaired) electrons. The van der Waals surface area contributed by atoms with Gasteiger partial charge in [-0.15, -0.1) is 0 Å². The molecule has 3 rings (SSSR count). The molecular formula is C20H26N2O4S2. The quantitative estimate of drug-likeness (QED) is 0.774. The van der Waals surface area contributed by atoms with Gasteiger partial charge in [-0.25, -0.2) is 21.6 Å². The summed E-state index contributed by atoms with van der Waals surface area (Å²) in [7, 11) is -7.07. The van der Waals surface area contributed by atoms with Crippen LogP contribution in [0.2, 0.25) is 0 Å². The predicted molar refractivity (Wildman–Crippen MR) is 111 cm³/mol. The first-order valence-electron chi connectivity index (χ1n) is 9.29. The lowest BCUT2D eigenvalue weighted by atomic mass is 9.99. The van der Waals surface area contributed by atoms with Crippen molar-refractivity contribution in [3.8, 4) is 0 Å². The zero-order valence-electron chi connectivity index (χ0n) is 16.1. The van der Waals surface area contributed by atoms with Gasteiger partial charge >= 0.3 is 0 Å². The fourth-order valence-corrected chi connectivity index (χ4v) is 5.02. The number of nitrogens with zero attached hydrogens (tertiary/aromatic N) is 1. The number of nitrogens with one attached hydrogen (secondary N) is 1. The molecule has 0 saturated carbocycles. The van der Waals surface area contributed by atoms with E-state index in [-0.39, 0.29) is 16.3 Å². The van der Waals surface area contributed by atoms with Gasteiger partial charge in [-0.1, -0.05) is 19.1 Å². The van der Waals surface area contributed by atoms with Crippen molar-refractivity contribution in [1.29, 1.82) is 0 Å². The second-order valence-electron chi connectivity index (χ2n) is 7.43. The van der Waals surface area contributed by atoms with Gasteiger partial charge in [0.15, 0.2) is 9.84 Å². The van der Waals surface area contributed by atoms with Gasteiger partial charge in [-0.3, -0.25) is 0 Å². The van der Waals surface area contributed by atoms with Crippen LogP contribution in [-0.4, -0.2) is 36.2 Å². The third-order valence-electron chi connectivity index (χ3n) is 4.99. The Labute approximate surface area is 167 Å². The lowest BCUT2D eigenvalue weighted by Crippen LogP contribution is -2.34. The van der Waals surface area contributed by atoms with Gasteiger partial charge in [-0.05, 0) is 60.7 Å². The minimum Gasteiger partial charge on any atom is -0.371 e. The Morgan fingerprint density at radius 2 is 1.57 bits per heavy atom. The lowest BCUT2D eigenvalue weighted by Gasteiger charge is -2.32.